The van der Waals surface area contributed by atoms with Gasteiger partial charge in [0.1, 0.15) is 11.6 Å². The van der Waals surface area contributed by atoms with E-state index in [1.807, 2.05) is 0 Å². The van der Waals surface area contributed by atoms with Gasteiger partial charge in [-0.15, -0.1) is 0 Å². The fraction of sp³-hybridized carbons (Fsp3) is 0.100. The van der Waals surface area contributed by atoms with Crippen LogP contribution < -0.4 is 16.2 Å². The Morgan fingerprint density at radius 3 is 2.34 bits per heavy atom. The summed E-state index contributed by atoms with van der Waals surface area (Å²) in [6.45, 7) is -0.462. The molecule has 7 nitrogen and oxygen atoms in total. The zero-order chi connectivity index (χ0) is 23.5. The molecular weight excluding hydrogens is 472 g/mol. The minimum absolute atomic E-state index is 0.0377. The zero-order valence-corrected chi connectivity index (χ0v) is 17.4. The molecule has 0 aliphatic rings. The Bertz CT molecular complexity index is 1250. The average molecular weight is 485 g/mol. The van der Waals surface area contributed by atoms with Gasteiger partial charge in [0.15, 0.2) is 0 Å². The topological polar surface area (TPSA) is 93.1 Å². The maximum absolute atomic E-state index is 12.8. The Kier molecular flexibility index (Phi) is 6.85. The fourth-order valence-electron chi connectivity index (χ4n) is 2.61. The summed E-state index contributed by atoms with van der Waals surface area (Å²) in [7, 11) is 0. The van der Waals surface area contributed by atoms with Crippen LogP contribution in [-0.4, -0.2) is 21.6 Å². The van der Waals surface area contributed by atoms with Gasteiger partial charge in [-0.1, -0.05) is 35.3 Å². The van der Waals surface area contributed by atoms with Gasteiger partial charge in [-0.05, 0) is 36.4 Å². The van der Waals surface area contributed by atoms with E-state index in [0.717, 1.165) is 23.0 Å². The van der Waals surface area contributed by atoms with Gasteiger partial charge < -0.3 is 10.6 Å². The van der Waals surface area contributed by atoms with Gasteiger partial charge in [-0.25, -0.2) is 4.68 Å². The molecule has 0 bridgehead atoms. The van der Waals surface area contributed by atoms with Crippen LogP contribution in [0.4, 0.5) is 24.5 Å². The molecule has 0 aliphatic heterocycles. The minimum Gasteiger partial charge on any atom is -0.324 e. The lowest BCUT2D eigenvalue weighted by atomic mass is 10.1. The van der Waals surface area contributed by atoms with Crippen LogP contribution in [0.15, 0.2) is 59.5 Å². The molecule has 2 N–H and O–H groups in total. The molecule has 3 rings (SSSR count). The van der Waals surface area contributed by atoms with Crippen LogP contribution in [0.2, 0.25) is 10.0 Å². The molecule has 0 saturated heterocycles. The van der Waals surface area contributed by atoms with Crippen molar-refractivity contribution in [1.29, 1.82) is 0 Å². The lowest BCUT2D eigenvalue weighted by Gasteiger charge is -2.11. The smallest absolute Gasteiger partial charge is 0.324 e. The number of hydrogen-bond acceptors (Lipinski definition) is 4. The first-order chi connectivity index (χ1) is 15.0. The van der Waals surface area contributed by atoms with Gasteiger partial charge in [0.2, 0.25) is 5.91 Å². The van der Waals surface area contributed by atoms with E-state index < -0.39 is 35.7 Å². The Morgan fingerprint density at radius 1 is 1.00 bits per heavy atom. The van der Waals surface area contributed by atoms with Gasteiger partial charge in [-0.3, -0.25) is 14.4 Å². The third kappa shape index (κ3) is 5.65. The molecule has 2 amide bonds. The van der Waals surface area contributed by atoms with E-state index in [9.17, 15) is 27.6 Å². The highest BCUT2D eigenvalue weighted by Crippen LogP contribution is 2.30. The molecule has 0 aliphatic carbocycles. The first-order valence-corrected chi connectivity index (χ1v) is 9.60. The second-order valence-corrected chi connectivity index (χ2v) is 7.22. The van der Waals surface area contributed by atoms with Gasteiger partial charge in [0.05, 0.1) is 16.8 Å². The molecule has 32 heavy (non-hydrogen) atoms. The number of carbonyl (C=O) groups excluding carboxylic acids is 2. The maximum atomic E-state index is 12.8. The molecule has 1 heterocycles. The van der Waals surface area contributed by atoms with Crippen molar-refractivity contribution in [2.75, 3.05) is 10.6 Å². The number of nitrogens with zero attached hydrogens (tertiary/aromatic N) is 2. The average Bonchev–Trinajstić information content (AvgIpc) is 2.74. The lowest BCUT2D eigenvalue weighted by molar-refractivity contribution is -0.137. The van der Waals surface area contributed by atoms with E-state index in [1.165, 1.54) is 36.4 Å². The molecule has 2 aromatic carbocycles. The summed E-state index contributed by atoms with van der Waals surface area (Å²) < 4.78 is 39.3. The maximum Gasteiger partial charge on any atom is 0.416 e. The number of amides is 2. The molecule has 166 valence electrons. The van der Waals surface area contributed by atoms with Crippen molar-refractivity contribution in [3.63, 3.8) is 0 Å². The van der Waals surface area contributed by atoms with Crippen LogP contribution >= 0.6 is 23.2 Å². The standard InChI is InChI=1S/C20H13Cl2F3N4O3/c21-15-9-26-29(19(32)17(15)22)10-16(30)27-13-5-1-3-11(7-13)18(31)28-14-6-2-4-12(8-14)20(23,24)25/h1-9H,10H2,(H,27,30)(H,28,31). The molecule has 1 aromatic heterocycles. The summed E-state index contributed by atoms with van der Waals surface area (Å²) in [5.74, 6) is -1.31. The number of aromatic nitrogens is 2. The second-order valence-electron chi connectivity index (χ2n) is 6.43. The van der Waals surface area contributed by atoms with Crippen molar-refractivity contribution in [2.24, 2.45) is 0 Å². The first-order valence-electron chi connectivity index (χ1n) is 8.84. The van der Waals surface area contributed by atoms with Crippen LogP contribution in [0, 0.1) is 0 Å². The highest BCUT2D eigenvalue weighted by molar-refractivity contribution is 6.41. The van der Waals surface area contributed by atoms with Crippen LogP contribution in [0.1, 0.15) is 15.9 Å². The van der Waals surface area contributed by atoms with E-state index in [1.54, 1.807) is 0 Å². The summed E-state index contributed by atoms with van der Waals surface area (Å²) in [5.41, 5.74) is -1.37. The summed E-state index contributed by atoms with van der Waals surface area (Å²) >= 11 is 11.4. The summed E-state index contributed by atoms with van der Waals surface area (Å²) in [4.78, 5) is 36.6. The normalized spacial score (nSPS) is 11.2. The summed E-state index contributed by atoms with van der Waals surface area (Å²) in [5, 5.41) is 8.27. The van der Waals surface area contributed by atoms with Crippen LogP contribution in [0.25, 0.3) is 0 Å². The van der Waals surface area contributed by atoms with Crippen molar-refractivity contribution in [1.82, 2.24) is 9.78 Å². The van der Waals surface area contributed by atoms with E-state index in [-0.39, 0.29) is 27.0 Å². The van der Waals surface area contributed by atoms with Crippen molar-refractivity contribution in [2.45, 2.75) is 12.7 Å². The SMILES string of the molecule is O=C(Cn1ncc(Cl)c(Cl)c1=O)Nc1cccc(C(=O)Nc2cccc(C(F)(F)F)c2)c1. The molecule has 0 radical (unpaired) electrons. The quantitative estimate of drug-likeness (QED) is 0.558. The molecule has 3 aromatic rings. The second kappa shape index (κ2) is 9.41. The molecule has 0 fully saturated rings. The Morgan fingerprint density at radius 2 is 1.66 bits per heavy atom. The number of hydrogen-bond donors (Lipinski definition) is 2. The van der Waals surface area contributed by atoms with Crippen LogP contribution in [0.3, 0.4) is 0 Å². The number of carbonyl (C=O) groups is 2. The van der Waals surface area contributed by atoms with Gasteiger partial charge in [0.25, 0.3) is 11.5 Å². The molecule has 0 unspecified atom stereocenters. The third-order valence-corrected chi connectivity index (χ3v) is 4.84. The molecule has 12 heteroatoms. The van der Waals surface area contributed by atoms with Gasteiger partial charge in [0, 0.05) is 16.9 Å². The largest absolute Gasteiger partial charge is 0.416 e. The predicted octanol–water partition coefficient (Wildman–Crippen LogP) is 4.46. The molecule has 0 spiro atoms. The Hall–Kier alpha value is -3.37. The predicted molar refractivity (Wildman–Crippen MR) is 113 cm³/mol. The van der Waals surface area contributed by atoms with E-state index in [2.05, 4.69) is 15.7 Å². The molecule has 0 atom stereocenters. The van der Waals surface area contributed by atoms with E-state index >= 15 is 0 Å². The third-order valence-electron chi connectivity index (χ3n) is 4.09. The Balaban J connectivity index is 1.70. The van der Waals surface area contributed by atoms with Crippen molar-refractivity contribution in [3.8, 4) is 0 Å². The molecular formula is C20H13Cl2F3N4O3. The highest BCUT2D eigenvalue weighted by atomic mass is 35.5. The van der Waals surface area contributed by atoms with Crippen molar-refractivity contribution < 1.29 is 22.8 Å². The van der Waals surface area contributed by atoms with Crippen LogP contribution in [0.5, 0.6) is 0 Å². The summed E-state index contributed by atoms with van der Waals surface area (Å²) in [6.07, 6.45) is -3.42. The number of rotatable bonds is 5. The fourth-order valence-corrected chi connectivity index (χ4v) is 2.88. The van der Waals surface area contributed by atoms with E-state index in [0.29, 0.717) is 0 Å². The van der Waals surface area contributed by atoms with E-state index in [4.69, 9.17) is 23.2 Å². The minimum atomic E-state index is -4.55. The highest BCUT2D eigenvalue weighted by Gasteiger charge is 2.30. The number of alkyl halides is 3. The van der Waals surface area contributed by atoms with Crippen LogP contribution in [-0.2, 0) is 17.5 Å². The number of halogens is 5. The molecule has 0 saturated carbocycles. The monoisotopic (exact) mass is 484 g/mol. The lowest BCUT2D eigenvalue weighted by Crippen LogP contribution is -2.29. The Labute approximate surface area is 188 Å². The van der Waals surface area contributed by atoms with Crippen molar-refractivity contribution >= 4 is 46.4 Å². The number of benzene rings is 2. The number of anilines is 2. The first kappa shape index (κ1) is 23.3. The van der Waals surface area contributed by atoms with Gasteiger partial charge in [-0.2, -0.15) is 18.3 Å². The summed E-state index contributed by atoms with van der Waals surface area (Å²) in [6, 6.07) is 9.90. The number of nitrogens with one attached hydrogen (secondary N) is 2. The zero-order valence-electron chi connectivity index (χ0n) is 15.9. The van der Waals surface area contributed by atoms with Crippen molar-refractivity contribution in [3.05, 3.63) is 86.3 Å². The van der Waals surface area contributed by atoms with Gasteiger partial charge >= 0.3 is 6.18 Å².